The Bertz CT molecular complexity index is 530. The number of hydrogen-bond donors (Lipinski definition) is 2. The number of furan rings is 1. The van der Waals surface area contributed by atoms with E-state index in [1.165, 1.54) is 18.9 Å². The molecule has 1 atom stereocenters. The van der Waals surface area contributed by atoms with Gasteiger partial charge in [-0.25, -0.2) is 13.1 Å². The van der Waals surface area contributed by atoms with Gasteiger partial charge in [-0.05, 0) is 32.6 Å². The Labute approximate surface area is 114 Å². The smallest absolute Gasteiger partial charge is 0.244 e. The van der Waals surface area contributed by atoms with Crippen LogP contribution in [0, 0.1) is 12.8 Å². The zero-order chi connectivity index (χ0) is 14.0. The number of rotatable bonds is 5. The summed E-state index contributed by atoms with van der Waals surface area (Å²) in [5.41, 5.74) is 5.47. The number of sulfonamides is 1. The Morgan fingerprint density at radius 1 is 1.47 bits per heavy atom. The Kier molecular flexibility index (Phi) is 4.32. The molecule has 0 saturated heterocycles. The van der Waals surface area contributed by atoms with Crippen LogP contribution in [0.15, 0.2) is 15.4 Å². The lowest BCUT2D eigenvalue weighted by molar-refractivity contribution is 0.423. The van der Waals surface area contributed by atoms with Crippen molar-refractivity contribution in [3.63, 3.8) is 0 Å². The van der Waals surface area contributed by atoms with E-state index in [9.17, 15) is 8.42 Å². The molecule has 1 saturated carbocycles. The second-order valence-electron chi connectivity index (χ2n) is 5.29. The summed E-state index contributed by atoms with van der Waals surface area (Å²) in [5, 5.41) is 0. The molecule has 0 bridgehead atoms. The van der Waals surface area contributed by atoms with Crippen molar-refractivity contribution in [2.24, 2.45) is 11.7 Å². The van der Waals surface area contributed by atoms with Crippen LogP contribution in [0.4, 0.5) is 0 Å². The van der Waals surface area contributed by atoms with Crippen LogP contribution in [0.3, 0.4) is 0 Å². The van der Waals surface area contributed by atoms with E-state index in [0.29, 0.717) is 17.4 Å². The Balaban J connectivity index is 2.14. The van der Waals surface area contributed by atoms with Gasteiger partial charge in [-0.15, -0.1) is 0 Å². The lowest BCUT2D eigenvalue weighted by Crippen LogP contribution is -2.37. The summed E-state index contributed by atoms with van der Waals surface area (Å²) in [4.78, 5) is 0.206. The molecule has 108 valence electrons. The first-order valence-corrected chi connectivity index (χ1v) is 8.24. The zero-order valence-corrected chi connectivity index (χ0v) is 12.3. The first-order chi connectivity index (χ1) is 8.94. The van der Waals surface area contributed by atoms with Gasteiger partial charge in [0.2, 0.25) is 10.0 Å². The molecule has 2 rings (SSSR count). The highest BCUT2D eigenvalue weighted by molar-refractivity contribution is 7.89. The molecule has 1 aliphatic rings. The minimum atomic E-state index is -3.52. The van der Waals surface area contributed by atoms with Crippen LogP contribution in [0.5, 0.6) is 0 Å². The number of nitrogens with two attached hydrogens (primary N) is 1. The standard InChI is InChI=1S/C13H22N2O3S/c1-9(11-5-3-4-6-11)15-19(16,17)13-7-12(8-14)18-10(13)2/h7,9,11,15H,3-6,8,14H2,1-2H3. The Morgan fingerprint density at radius 3 is 2.63 bits per heavy atom. The second-order valence-corrected chi connectivity index (χ2v) is 6.97. The molecule has 19 heavy (non-hydrogen) atoms. The maximum atomic E-state index is 12.3. The quantitative estimate of drug-likeness (QED) is 0.865. The topological polar surface area (TPSA) is 85.3 Å². The van der Waals surface area contributed by atoms with Gasteiger partial charge in [0.1, 0.15) is 16.4 Å². The van der Waals surface area contributed by atoms with E-state index in [4.69, 9.17) is 10.2 Å². The van der Waals surface area contributed by atoms with Crippen LogP contribution in [0.25, 0.3) is 0 Å². The largest absolute Gasteiger partial charge is 0.464 e. The van der Waals surface area contributed by atoms with Gasteiger partial charge in [-0.1, -0.05) is 12.8 Å². The van der Waals surface area contributed by atoms with E-state index in [-0.39, 0.29) is 17.5 Å². The van der Waals surface area contributed by atoms with Gasteiger partial charge >= 0.3 is 0 Å². The van der Waals surface area contributed by atoms with E-state index >= 15 is 0 Å². The molecule has 0 spiro atoms. The molecular weight excluding hydrogens is 264 g/mol. The molecule has 5 nitrogen and oxygen atoms in total. The summed E-state index contributed by atoms with van der Waals surface area (Å²) >= 11 is 0. The van der Waals surface area contributed by atoms with E-state index in [1.54, 1.807) is 6.92 Å². The summed E-state index contributed by atoms with van der Waals surface area (Å²) in [6, 6.07) is 1.47. The van der Waals surface area contributed by atoms with Crippen molar-refractivity contribution in [3.05, 3.63) is 17.6 Å². The summed E-state index contributed by atoms with van der Waals surface area (Å²) in [7, 11) is -3.52. The molecular formula is C13H22N2O3S. The fourth-order valence-corrected chi connectivity index (χ4v) is 4.27. The summed E-state index contributed by atoms with van der Waals surface area (Å²) in [6.45, 7) is 3.79. The maximum Gasteiger partial charge on any atom is 0.244 e. The van der Waals surface area contributed by atoms with Crippen molar-refractivity contribution in [1.29, 1.82) is 0 Å². The second kappa shape index (κ2) is 5.64. The highest BCUT2D eigenvalue weighted by Crippen LogP contribution is 2.29. The third-order valence-electron chi connectivity index (χ3n) is 3.86. The zero-order valence-electron chi connectivity index (χ0n) is 11.5. The fourth-order valence-electron chi connectivity index (χ4n) is 2.75. The van der Waals surface area contributed by atoms with Crippen LogP contribution >= 0.6 is 0 Å². The summed E-state index contributed by atoms with van der Waals surface area (Å²) in [6.07, 6.45) is 4.59. The fraction of sp³-hybridized carbons (Fsp3) is 0.692. The summed E-state index contributed by atoms with van der Waals surface area (Å²) < 4.78 is 32.8. The van der Waals surface area contributed by atoms with Gasteiger partial charge in [-0.2, -0.15) is 0 Å². The van der Waals surface area contributed by atoms with Gasteiger partial charge in [0, 0.05) is 12.1 Å². The van der Waals surface area contributed by atoms with E-state index in [2.05, 4.69) is 4.72 Å². The van der Waals surface area contributed by atoms with Gasteiger partial charge in [0.05, 0.1) is 6.54 Å². The monoisotopic (exact) mass is 286 g/mol. The third kappa shape index (κ3) is 3.19. The lowest BCUT2D eigenvalue weighted by atomic mass is 10.0. The Morgan fingerprint density at radius 2 is 2.11 bits per heavy atom. The highest BCUT2D eigenvalue weighted by Gasteiger charge is 2.28. The summed E-state index contributed by atoms with van der Waals surface area (Å²) in [5.74, 6) is 1.33. The predicted molar refractivity (Wildman–Crippen MR) is 73.1 cm³/mol. The van der Waals surface area contributed by atoms with Crippen LogP contribution < -0.4 is 10.5 Å². The van der Waals surface area contributed by atoms with Gasteiger partial charge in [0.25, 0.3) is 0 Å². The van der Waals surface area contributed by atoms with Crippen LogP contribution in [-0.2, 0) is 16.6 Å². The van der Waals surface area contributed by atoms with Crippen molar-refractivity contribution >= 4 is 10.0 Å². The van der Waals surface area contributed by atoms with Crippen LogP contribution in [-0.4, -0.2) is 14.5 Å². The normalized spacial score (nSPS) is 18.9. The average molecular weight is 286 g/mol. The van der Waals surface area contributed by atoms with Crippen molar-refractivity contribution in [1.82, 2.24) is 4.72 Å². The van der Waals surface area contributed by atoms with Crippen LogP contribution in [0.1, 0.15) is 44.1 Å². The Hall–Kier alpha value is -0.850. The molecule has 3 N–H and O–H groups in total. The van der Waals surface area contributed by atoms with Crippen molar-refractivity contribution in [3.8, 4) is 0 Å². The molecule has 6 heteroatoms. The van der Waals surface area contributed by atoms with E-state index < -0.39 is 10.0 Å². The van der Waals surface area contributed by atoms with Crippen molar-refractivity contribution < 1.29 is 12.8 Å². The lowest BCUT2D eigenvalue weighted by Gasteiger charge is -2.19. The van der Waals surface area contributed by atoms with Gasteiger partial charge < -0.3 is 10.2 Å². The highest BCUT2D eigenvalue weighted by atomic mass is 32.2. The molecule has 1 heterocycles. The minimum absolute atomic E-state index is 0.0388. The van der Waals surface area contributed by atoms with Gasteiger partial charge in [0.15, 0.2) is 0 Å². The van der Waals surface area contributed by atoms with E-state index in [0.717, 1.165) is 12.8 Å². The molecule has 0 aromatic carbocycles. The number of aryl methyl sites for hydroxylation is 1. The van der Waals surface area contributed by atoms with Crippen LogP contribution in [0.2, 0.25) is 0 Å². The molecule has 1 fully saturated rings. The SMILES string of the molecule is Cc1oc(CN)cc1S(=O)(=O)NC(C)C1CCCC1. The maximum absolute atomic E-state index is 12.3. The molecule has 0 amide bonds. The number of nitrogens with one attached hydrogen (secondary N) is 1. The molecule has 1 unspecified atom stereocenters. The first kappa shape index (κ1) is 14.6. The van der Waals surface area contributed by atoms with Crippen molar-refractivity contribution in [2.45, 2.75) is 57.0 Å². The van der Waals surface area contributed by atoms with E-state index in [1.807, 2.05) is 6.92 Å². The number of hydrogen-bond acceptors (Lipinski definition) is 4. The average Bonchev–Trinajstić information content (AvgIpc) is 2.96. The predicted octanol–water partition coefficient (Wildman–Crippen LogP) is 1.90. The molecule has 1 aliphatic carbocycles. The van der Waals surface area contributed by atoms with Crippen molar-refractivity contribution in [2.75, 3.05) is 0 Å². The van der Waals surface area contributed by atoms with Gasteiger partial charge in [-0.3, -0.25) is 0 Å². The molecule has 1 aromatic rings. The minimum Gasteiger partial charge on any atom is -0.464 e. The first-order valence-electron chi connectivity index (χ1n) is 6.75. The molecule has 0 aliphatic heterocycles. The third-order valence-corrected chi connectivity index (χ3v) is 5.53. The molecule has 0 radical (unpaired) electrons. The molecule has 1 aromatic heterocycles.